The van der Waals surface area contributed by atoms with Gasteiger partial charge in [-0.1, -0.05) is 18.2 Å². The maximum absolute atomic E-state index is 11.0. The average Bonchev–Trinajstić information content (AvgIpc) is 2.37. The largest absolute Gasteiger partial charge is 0.506 e. The third-order valence-corrected chi connectivity index (χ3v) is 3.14. The molecule has 98 valence electrons. The second-order valence-electron chi connectivity index (χ2n) is 3.66. The van der Waals surface area contributed by atoms with Crippen LogP contribution in [0.2, 0.25) is 0 Å². The van der Waals surface area contributed by atoms with E-state index < -0.39 is 20.8 Å². The molecule has 0 radical (unpaired) electrons. The summed E-state index contributed by atoms with van der Waals surface area (Å²) in [5, 5.41) is 17.1. The van der Waals surface area contributed by atoms with Crippen molar-refractivity contribution in [3.05, 3.63) is 48.5 Å². The van der Waals surface area contributed by atoms with E-state index in [9.17, 15) is 13.5 Å². The van der Waals surface area contributed by atoms with Gasteiger partial charge in [-0.3, -0.25) is 4.55 Å². The lowest BCUT2D eigenvalue weighted by Crippen LogP contribution is -1.97. The van der Waals surface area contributed by atoms with Gasteiger partial charge in [0.15, 0.2) is 0 Å². The highest BCUT2D eigenvalue weighted by atomic mass is 32.2. The van der Waals surface area contributed by atoms with Gasteiger partial charge in [0, 0.05) is 0 Å². The highest BCUT2D eigenvalue weighted by molar-refractivity contribution is 7.86. The maximum Gasteiger partial charge on any atom is 0.298 e. The van der Waals surface area contributed by atoms with E-state index in [1.54, 1.807) is 24.3 Å². The summed E-state index contributed by atoms with van der Waals surface area (Å²) in [6, 6.07) is 12.4. The van der Waals surface area contributed by atoms with Crippen LogP contribution in [0.3, 0.4) is 0 Å². The summed E-state index contributed by atoms with van der Waals surface area (Å²) >= 11 is 0. The molecule has 7 heteroatoms. The Kier molecular flexibility index (Phi) is 3.59. The molecule has 0 bridgehead atoms. The molecule has 0 amide bonds. The summed E-state index contributed by atoms with van der Waals surface area (Å²) in [6.07, 6.45) is 0. The number of benzene rings is 2. The van der Waals surface area contributed by atoms with Crippen LogP contribution in [0.1, 0.15) is 0 Å². The summed E-state index contributed by atoms with van der Waals surface area (Å²) in [5.41, 5.74) is 0.804. The summed E-state index contributed by atoms with van der Waals surface area (Å²) in [7, 11) is -4.49. The van der Waals surface area contributed by atoms with Crippen LogP contribution in [0.15, 0.2) is 63.7 Å². The molecule has 0 aromatic heterocycles. The fraction of sp³-hybridized carbons (Fsp3) is 0. The highest BCUT2D eigenvalue weighted by Crippen LogP contribution is 2.28. The normalized spacial score (nSPS) is 11.8. The zero-order chi connectivity index (χ0) is 13.9. The van der Waals surface area contributed by atoms with E-state index in [4.69, 9.17) is 4.55 Å². The van der Waals surface area contributed by atoms with Crippen molar-refractivity contribution >= 4 is 21.5 Å². The van der Waals surface area contributed by atoms with Gasteiger partial charge in [-0.2, -0.15) is 18.6 Å². The third kappa shape index (κ3) is 3.36. The number of nitrogens with zero attached hydrogens (tertiary/aromatic N) is 2. The number of azo groups is 1. The summed E-state index contributed by atoms with van der Waals surface area (Å²) in [6.45, 7) is 0. The van der Waals surface area contributed by atoms with Crippen LogP contribution in [-0.2, 0) is 10.1 Å². The fourth-order valence-corrected chi connectivity index (χ4v) is 1.98. The Morgan fingerprint density at radius 2 is 1.53 bits per heavy atom. The molecule has 6 nitrogen and oxygen atoms in total. The molecule has 0 fully saturated rings. The second kappa shape index (κ2) is 5.17. The van der Waals surface area contributed by atoms with Crippen molar-refractivity contribution in [2.75, 3.05) is 0 Å². The summed E-state index contributed by atoms with van der Waals surface area (Å²) in [4.78, 5) is -0.600. The Morgan fingerprint density at radius 1 is 0.895 bits per heavy atom. The number of rotatable bonds is 3. The summed E-state index contributed by atoms with van der Waals surface area (Å²) in [5.74, 6) is -0.541. The standard InChI is InChI=1S/C12H10N2O4S/c15-11-7-6-10(8-12(11)19(16,17)18)14-13-9-4-2-1-3-5-9/h1-8,15H,(H,16,17,18)/b14-13+. The molecule has 0 spiro atoms. The molecular weight excluding hydrogens is 268 g/mol. The molecule has 2 rings (SSSR count). The lowest BCUT2D eigenvalue weighted by molar-refractivity contribution is 0.443. The molecule has 0 aliphatic rings. The van der Waals surface area contributed by atoms with E-state index in [0.29, 0.717) is 5.69 Å². The van der Waals surface area contributed by atoms with Gasteiger partial charge in [0.05, 0.1) is 11.4 Å². The molecule has 0 saturated heterocycles. The van der Waals surface area contributed by atoms with E-state index >= 15 is 0 Å². The second-order valence-corrected chi connectivity index (χ2v) is 5.05. The van der Waals surface area contributed by atoms with Gasteiger partial charge in [-0.25, -0.2) is 0 Å². The van der Waals surface area contributed by atoms with Gasteiger partial charge in [0.25, 0.3) is 10.1 Å². The van der Waals surface area contributed by atoms with Crippen LogP contribution in [0.25, 0.3) is 0 Å². The molecule has 19 heavy (non-hydrogen) atoms. The number of hydrogen-bond acceptors (Lipinski definition) is 5. The smallest absolute Gasteiger partial charge is 0.298 e. The van der Waals surface area contributed by atoms with Crippen molar-refractivity contribution in [2.24, 2.45) is 10.2 Å². The summed E-state index contributed by atoms with van der Waals surface area (Å²) < 4.78 is 30.9. The Hall–Kier alpha value is -2.25. The zero-order valence-corrected chi connectivity index (χ0v) is 10.4. The first-order valence-electron chi connectivity index (χ1n) is 5.24. The van der Waals surface area contributed by atoms with Crippen molar-refractivity contribution in [3.63, 3.8) is 0 Å². The van der Waals surface area contributed by atoms with E-state index in [1.165, 1.54) is 6.07 Å². The Bertz CT molecular complexity index is 712. The van der Waals surface area contributed by atoms with Gasteiger partial charge in [-0.15, -0.1) is 0 Å². The number of aromatic hydroxyl groups is 1. The number of hydrogen-bond donors (Lipinski definition) is 2. The average molecular weight is 278 g/mol. The van der Waals surface area contributed by atoms with Crippen molar-refractivity contribution in [3.8, 4) is 5.75 Å². The van der Waals surface area contributed by atoms with Crippen LogP contribution < -0.4 is 0 Å². The van der Waals surface area contributed by atoms with E-state index in [2.05, 4.69) is 10.2 Å². The molecule has 0 aliphatic heterocycles. The molecule has 0 unspecified atom stereocenters. The van der Waals surface area contributed by atoms with E-state index in [0.717, 1.165) is 12.1 Å². The van der Waals surface area contributed by atoms with Crippen molar-refractivity contribution in [1.29, 1.82) is 0 Å². The van der Waals surface area contributed by atoms with Crippen LogP contribution in [0, 0.1) is 0 Å². The molecule has 2 aromatic carbocycles. The number of phenolic OH excluding ortho intramolecular Hbond substituents is 1. The molecule has 0 atom stereocenters. The molecule has 0 heterocycles. The van der Waals surface area contributed by atoms with Crippen molar-refractivity contribution in [1.82, 2.24) is 0 Å². The molecule has 2 N–H and O–H groups in total. The zero-order valence-electron chi connectivity index (χ0n) is 9.63. The monoisotopic (exact) mass is 278 g/mol. The maximum atomic E-state index is 11.0. The van der Waals surface area contributed by atoms with E-state index in [-0.39, 0.29) is 5.69 Å². The van der Waals surface area contributed by atoms with Gasteiger partial charge >= 0.3 is 0 Å². The SMILES string of the molecule is O=S(=O)(O)c1cc(/N=N/c2ccccc2)ccc1O. The molecular formula is C12H10N2O4S. The molecule has 2 aromatic rings. The molecule has 0 aliphatic carbocycles. The quantitative estimate of drug-likeness (QED) is 0.665. The first-order chi connectivity index (χ1) is 8.97. The number of phenols is 1. The first kappa shape index (κ1) is 13.2. The van der Waals surface area contributed by atoms with Gasteiger partial charge in [0.2, 0.25) is 0 Å². The highest BCUT2D eigenvalue weighted by Gasteiger charge is 2.15. The lowest BCUT2D eigenvalue weighted by Gasteiger charge is -2.01. The van der Waals surface area contributed by atoms with Crippen LogP contribution in [0.4, 0.5) is 11.4 Å². The minimum atomic E-state index is -4.49. The van der Waals surface area contributed by atoms with Crippen LogP contribution >= 0.6 is 0 Å². The van der Waals surface area contributed by atoms with Crippen LogP contribution in [-0.4, -0.2) is 18.1 Å². The minimum absolute atomic E-state index is 0.203. The first-order valence-corrected chi connectivity index (χ1v) is 6.68. The Morgan fingerprint density at radius 3 is 2.16 bits per heavy atom. The topological polar surface area (TPSA) is 99.3 Å². The van der Waals surface area contributed by atoms with Gasteiger partial charge < -0.3 is 5.11 Å². The van der Waals surface area contributed by atoms with E-state index in [1.807, 2.05) is 6.07 Å². The molecule has 0 saturated carbocycles. The van der Waals surface area contributed by atoms with Crippen LogP contribution in [0.5, 0.6) is 5.75 Å². The Balaban J connectivity index is 2.35. The predicted octanol–water partition coefficient (Wildman–Crippen LogP) is 3.05. The minimum Gasteiger partial charge on any atom is -0.506 e. The van der Waals surface area contributed by atoms with Gasteiger partial charge in [-0.05, 0) is 30.3 Å². The lowest BCUT2D eigenvalue weighted by atomic mass is 10.3. The van der Waals surface area contributed by atoms with Crippen molar-refractivity contribution in [2.45, 2.75) is 4.90 Å². The van der Waals surface area contributed by atoms with Gasteiger partial charge in [0.1, 0.15) is 10.6 Å². The Labute approximate surface area is 109 Å². The van der Waals surface area contributed by atoms with Crippen molar-refractivity contribution < 1.29 is 18.1 Å². The fourth-order valence-electron chi connectivity index (χ4n) is 1.38. The predicted molar refractivity (Wildman–Crippen MR) is 68.5 cm³/mol. The third-order valence-electron chi connectivity index (χ3n) is 2.26.